The molecule has 3 N–H and O–H groups in total. The summed E-state index contributed by atoms with van der Waals surface area (Å²) in [5, 5.41) is 0.650. The summed E-state index contributed by atoms with van der Waals surface area (Å²) in [6, 6.07) is 14.0. The van der Waals surface area contributed by atoms with Crippen molar-refractivity contribution in [1.29, 1.82) is 0 Å². The van der Waals surface area contributed by atoms with Crippen LogP contribution in [0.5, 0.6) is 5.75 Å². The molecule has 1 atom stereocenters. The van der Waals surface area contributed by atoms with Crippen LogP contribution in [-0.4, -0.2) is 7.11 Å². The number of hydrazine groups is 1. The molecule has 0 aromatic heterocycles. The first-order valence-corrected chi connectivity index (χ1v) is 6.87. The van der Waals surface area contributed by atoms with E-state index in [0.717, 1.165) is 17.7 Å². The second kappa shape index (κ2) is 6.75. The van der Waals surface area contributed by atoms with Crippen molar-refractivity contribution < 1.29 is 4.74 Å². The number of hydrogen-bond donors (Lipinski definition) is 2. The summed E-state index contributed by atoms with van der Waals surface area (Å²) in [5.41, 5.74) is 6.32. The van der Waals surface area contributed by atoms with E-state index in [0.29, 0.717) is 5.02 Å². The Morgan fingerprint density at radius 2 is 1.90 bits per heavy atom. The van der Waals surface area contributed by atoms with Gasteiger partial charge in [-0.05, 0) is 31.0 Å². The van der Waals surface area contributed by atoms with Crippen molar-refractivity contribution in [3.05, 3.63) is 64.2 Å². The van der Waals surface area contributed by atoms with Gasteiger partial charge in [0.25, 0.3) is 0 Å². The Morgan fingerprint density at radius 3 is 2.50 bits per heavy atom. The third-order valence-corrected chi connectivity index (χ3v) is 3.57. The summed E-state index contributed by atoms with van der Waals surface area (Å²) >= 11 is 5.99. The topological polar surface area (TPSA) is 47.3 Å². The zero-order valence-corrected chi connectivity index (χ0v) is 12.4. The lowest BCUT2D eigenvalue weighted by Crippen LogP contribution is -2.29. The van der Waals surface area contributed by atoms with Crippen LogP contribution in [0.3, 0.4) is 0 Å². The van der Waals surface area contributed by atoms with Crippen LogP contribution < -0.4 is 16.0 Å². The first-order chi connectivity index (χ1) is 9.63. The van der Waals surface area contributed by atoms with E-state index in [2.05, 4.69) is 36.6 Å². The van der Waals surface area contributed by atoms with Crippen molar-refractivity contribution >= 4 is 11.6 Å². The van der Waals surface area contributed by atoms with Gasteiger partial charge >= 0.3 is 0 Å². The van der Waals surface area contributed by atoms with Crippen molar-refractivity contribution in [3.8, 4) is 5.75 Å². The number of nitrogens with one attached hydrogen (secondary N) is 1. The van der Waals surface area contributed by atoms with Gasteiger partial charge in [-0.2, -0.15) is 0 Å². The van der Waals surface area contributed by atoms with E-state index in [1.165, 1.54) is 11.1 Å². The summed E-state index contributed by atoms with van der Waals surface area (Å²) in [6.07, 6.45) is 0.786. The van der Waals surface area contributed by atoms with E-state index in [1.54, 1.807) is 13.2 Å². The Hall–Kier alpha value is -1.55. The van der Waals surface area contributed by atoms with Crippen molar-refractivity contribution in [3.63, 3.8) is 0 Å². The fraction of sp³-hybridized carbons (Fsp3) is 0.250. The summed E-state index contributed by atoms with van der Waals surface area (Å²) < 4.78 is 5.39. The summed E-state index contributed by atoms with van der Waals surface area (Å²) in [5.74, 6) is 6.45. The van der Waals surface area contributed by atoms with Crippen molar-refractivity contribution in [1.82, 2.24) is 5.43 Å². The van der Waals surface area contributed by atoms with Crippen molar-refractivity contribution in [2.45, 2.75) is 19.4 Å². The molecular weight excluding hydrogens is 272 g/mol. The number of aryl methyl sites for hydroxylation is 1. The minimum atomic E-state index is -0.0232. The first-order valence-electron chi connectivity index (χ1n) is 6.49. The van der Waals surface area contributed by atoms with Crippen LogP contribution >= 0.6 is 11.6 Å². The molecule has 20 heavy (non-hydrogen) atoms. The lowest BCUT2D eigenvalue weighted by molar-refractivity contribution is 0.399. The second-order valence-electron chi connectivity index (χ2n) is 4.80. The van der Waals surface area contributed by atoms with Crippen LogP contribution in [0.2, 0.25) is 5.02 Å². The number of nitrogens with two attached hydrogens (primary N) is 1. The third kappa shape index (κ3) is 3.51. The monoisotopic (exact) mass is 290 g/mol. The van der Waals surface area contributed by atoms with Gasteiger partial charge in [-0.1, -0.05) is 47.5 Å². The molecule has 2 aromatic rings. The highest BCUT2D eigenvalue weighted by Gasteiger charge is 2.15. The number of benzene rings is 2. The summed E-state index contributed by atoms with van der Waals surface area (Å²) in [7, 11) is 1.63. The maximum Gasteiger partial charge on any atom is 0.125 e. The Morgan fingerprint density at radius 1 is 1.20 bits per heavy atom. The lowest BCUT2D eigenvalue weighted by Gasteiger charge is -2.19. The third-order valence-electron chi connectivity index (χ3n) is 3.33. The molecule has 2 rings (SSSR count). The first kappa shape index (κ1) is 14.9. The average Bonchev–Trinajstić information content (AvgIpc) is 2.47. The fourth-order valence-corrected chi connectivity index (χ4v) is 2.35. The number of ether oxygens (including phenoxy) is 1. The van der Waals surface area contributed by atoms with Crippen LogP contribution in [0.25, 0.3) is 0 Å². The van der Waals surface area contributed by atoms with Gasteiger partial charge in [-0.15, -0.1) is 0 Å². The molecule has 0 radical (unpaired) electrons. The van der Waals surface area contributed by atoms with Crippen LogP contribution in [0.15, 0.2) is 42.5 Å². The highest BCUT2D eigenvalue weighted by molar-refractivity contribution is 6.30. The standard InChI is InChI=1S/C16H19ClN2O/c1-11-3-5-12(6-4-11)9-15(19-18)14-8-7-13(17)10-16(14)20-2/h3-8,10,15,19H,9,18H2,1-2H3. The number of halogens is 1. The Labute approximate surface area is 124 Å². The summed E-state index contributed by atoms with van der Waals surface area (Å²) in [4.78, 5) is 0. The molecule has 0 spiro atoms. The van der Waals surface area contributed by atoms with Gasteiger partial charge in [0.2, 0.25) is 0 Å². The predicted molar refractivity (Wildman–Crippen MR) is 83.0 cm³/mol. The van der Waals surface area contributed by atoms with Crippen molar-refractivity contribution in [2.75, 3.05) is 7.11 Å². The van der Waals surface area contributed by atoms with E-state index in [-0.39, 0.29) is 6.04 Å². The SMILES string of the molecule is COc1cc(Cl)ccc1C(Cc1ccc(C)cc1)NN. The zero-order chi connectivity index (χ0) is 14.5. The molecule has 0 fully saturated rings. The van der Waals surface area contributed by atoms with Crippen LogP contribution in [0.4, 0.5) is 0 Å². The van der Waals surface area contributed by atoms with E-state index in [4.69, 9.17) is 22.2 Å². The van der Waals surface area contributed by atoms with Gasteiger partial charge in [0.15, 0.2) is 0 Å². The molecule has 0 saturated carbocycles. The Bertz CT molecular complexity index is 569. The maximum absolute atomic E-state index is 5.99. The molecule has 3 nitrogen and oxygen atoms in total. The van der Waals surface area contributed by atoms with Gasteiger partial charge in [0.05, 0.1) is 13.2 Å². The molecule has 0 amide bonds. The van der Waals surface area contributed by atoms with Gasteiger partial charge in [0, 0.05) is 10.6 Å². The Balaban J connectivity index is 2.26. The normalized spacial score (nSPS) is 12.2. The van der Waals surface area contributed by atoms with Gasteiger partial charge in [0.1, 0.15) is 5.75 Å². The molecule has 2 aromatic carbocycles. The smallest absolute Gasteiger partial charge is 0.125 e. The van der Waals surface area contributed by atoms with Crippen LogP contribution in [-0.2, 0) is 6.42 Å². The largest absolute Gasteiger partial charge is 0.496 e. The van der Waals surface area contributed by atoms with Crippen LogP contribution in [0, 0.1) is 6.92 Å². The number of hydrogen-bond acceptors (Lipinski definition) is 3. The minimum Gasteiger partial charge on any atom is -0.496 e. The van der Waals surface area contributed by atoms with E-state index < -0.39 is 0 Å². The van der Waals surface area contributed by atoms with E-state index in [9.17, 15) is 0 Å². The highest BCUT2D eigenvalue weighted by atomic mass is 35.5. The highest BCUT2D eigenvalue weighted by Crippen LogP contribution is 2.30. The quantitative estimate of drug-likeness (QED) is 0.655. The molecule has 0 aliphatic carbocycles. The molecule has 0 aliphatic heterocycles. The van der Waals surface area contributed by atoms with Gasteiger partial charge in [-0.25, -0.2) is 0 Å². The number of rotatable bonds is 5. The van der Waals surface area contributed by atoms with Gasteiger partial charge < -0.3 is 4.74 Å². The summed E-state index contributed by atoms with van der Waals surface area (Å²) in [6.45, 7) is 2.07. The van der Waals surface area contributed by atoms with Gasteiger partial charge in [-0.3, -0.25) is 11.3 Å². The lowest BCUT2D eigenvalue weighted by atomic mass is 9.98. The fourth-order valence-electron chi connectivity index (χ4n) is 2.19. The Kier molecular flexibility index (Phi) is 5.01. The minimum absolute atomic E-state index is 0.0232. The molecule has 0 saturated heterocycles. The second-order valence-corrected chi connectivity index (χ2v) is 5.23. The number of methoxy groups -OCH3 is 1. The molecule has 1 unspecified atom stereocenters. The predicted octanol–water partition coefficient (Wildman–Crippen LogP) is 3.40. The maximum atomic E-state index is 5.99. The van der Waals surface area contributed by atoms with Crippen LogP contribution in [0.1, 0.15) is 22.7 Å². The molecule has 106 valence electrons. The average molecular weight is 291 g/mol. The van der Waals surface area contributed by atoms with E-state index >= 15 is 0 Å². The molecule has 4 heteroatoms. The molecule has 0 aliphatic rings. The zero-order valence-electron chi connectivity index (χ0n) is 11.7. The molecule has 0 bridgehead atoms. The molecule has 0 heterocycles. The van der Waals surface area contributed by atoms with E-state index in [1.807, 2.05) is 12.1 Å². The van der Waals surface area contributed by atoms with Crippen molar-refractivity contribution in [2.24, 2.45) is 5.84 Å². The molecular formula is C16H19ClN2O.